The van der Waals surface area contributed by atoms with E-state index in [1.54, 1.807) is 6.08 Å². The van der Waals surface area contributed by atoms with Gasteiger partial charge in [0, 0.05) is 0 Å². The predicted octanol–water partition coefficient (Wildman–Crippen LogP) is 3.08. The molecule has 1 aromatic rings. The molecular weight excluding hydrogens is 188 g/mol. The highest BCUT2D eigenvalue weighted by atomic mass is 16.5. The van der Waals surface area contributed by atoms with E-state index < -0.39 is 0 Å². The summed E-state index contributed by atoms with van der Waals surface area (Å²) in [5.41, 5.74) is 0.809. The Hall–Kier alpha value is -1.57. The first-order valence-electron chi connectivity index (χ1n) is 4.92. The van der Waals surface area contributed by atoms with E-state index in [9.17, 15) is 4.79 Å². The Morgan fingerprint density at radius 3 is 2.20 bits per heavy atom. The van der Waals surface area contributed by atoms with Gasteiger partial charge in [-0.05, 0) is 44.5 Å². The van der Waals surface area contributed by atoms with Gasteiger partial charge in [-0.2, -0.15) is 0 Å². The molecule has 0 radical (unpaired) electrons. The van der Waals surface area contributed by atoms with Gasteiger partial charge < -0.3 is 4.74 Å². The first-order chi connectivity index (χ1) is 7.01. The van der Waals surface area contributed by atoms with Crippen molar-refractivity contribution in [3.05, 3.63) is 35.9 Å². The largest absolute Gasteiger partial charge is 0.488 e. The van der Waals surface area contributed by atoms with Crippen LogP contribution in [0.4, 0.5) is 0 Å². The summed E-state index contributed by atoms with van der Waals surface area (Å²) < 4.78 is 5.67. The molecule has 0 aromatic heterocycles. The lowest BCUT2D eigenvalue weighted by Crippen LogP contribution is -2.22. The molecule has 1 aromatic carbocycles. The van der Waals surface area contributed by atoms with Crippen LogP contribution in [0, 0.1) is 0 Å². The summed E-state index contributed by atoms with van der Waals surface area (Å²) >= 11 is 0. The molecule has 0 unspecified atom stereocenters. The standard InChI is InChI=1S/C13H16O2/c1-13(2,3)15-12-8-6-11(7-9-12)5-4-10-14/h4-10H,1-3H3/b5-4+. The fourth-order valence-corrected chi connectivity index (χ4v) is 1.15. The minimum absolute atomic E-state index is 0.180. The molecular formula is C13H16O2. The molecule has 0 spiro atoms. The van der Waals surface area contributed by atoms with Gasteiger partial charge in [0.1, 0.15) is 17.6 Å². The maximum Gasteiger partial charge on any atom is 0.142 e. The normalized spacial score (nSPS) is 11.7. The predicted molar refractivity (Wildman–Crippen MR) is 61.9 cm³/mol. The third-order valence-electron chi connectivity index (χ3n) is 1.67. The monoisotopic (exact) mass is 204 g/mol. The van der Waals surface area contributed by atoms with E-state index in [4.69, 9.17) is 4.74 Å². The minimum atomic E-state index is -0.180. The van der Waals surface area contributed by atoms with Crippen LogP contribution in [0.1, 0.15) is 26.3 Å². The van der Waals surface area contributed by atoms with Crippen molar-refractivity contribution < 1.29 is 9.53 Å². The minimum Gasteiger partial charge on any atom is -0.488 e. The smallest absolute Gasteiger partial charge is 0.142 e. The summed E-state index contributed by atoms with van der Waals surface area (Å²) in [5.74, 6) is 0.839. The molecule has 0 heterocycles. The van der Waals surface area contributed by atoms with Gasteiger partial charge in [0.2, 0.25) is 0 Å². The molecule has 0 aliphatic rings. The van der Waals surface area contributed by atoms with Crippen molar-refractivity contribution in [3.63, 3.8) is 0 Å². The Kier molecular flexibility index (Phi) is 3.67. The van der Waals surface area contributed by atoms with Crippen molar-refractivity contribution in [2.24, 2.45) is 0 Å². The van der Waals surface area contributed by atoms with Crippen molar-refractivity contribution in [1.82, 2.24) is 0 Å². The topological polar surface area (TPSA) is 26.3 Å². The lowest BCUT2D eigenvalue weighted by Gasteiger charge is -2.21. The molecule has 0 aliphatic carbocycles. The fourth-order valence-electron chi connectivity index (χ4n) is 1.15. The second kappa shape index (κ2) is 4.78. The van der Waals surface area contributed by atoms with Gasteiger partial charge in [-0.25, -0.2) is 0 Å². The highest BCUT2D eigenvalue weighted by Crippen LogP contribution is 2.18. The van der Waals surface area contributed by atoms with Crippen LogP contribution in [0.5, 0.6) is 5.75 Å². The third-order valence-corrected chi connectivity index (χ3v) is 1.67. The van der Waals surface area contributed by atoms with Crippen LogP contribution < -0.4 is 4.74 Å². The molecule has 0 fully saturated rings. The van der Waals surface area contributed by atoms with Gasteiger partial charge in [0.05, 0.1) is 0 Å². The molecule has 0 bridgehead atoms. The van der Waals surface area contributed by atoms with Gasteiger partial charge in [-0.1, -0.05) is 18.2 Å². The van der Waals surface area contributed by atoms with E-state index in [0.717, 1.165) is 17.6 Å². The molecule has 0 N–H and O–H groups in total. The summed E-state index contributed by atoms with van der Waals surface area (Å²) in [6.07, 6.45) is 3.99. The summed E-state index contributed by atoms with van der Waals surface area (Å²) in [7, 11) is 0. The van der Waals surface area contributed by atoms with Gasteiger partial charge in [0.25, 0.3) is 0 Å². The summed E-state index contributed by atoms with van der Waals surface area (Å²) in [6, 6.07) is 7.63. The number of hydrogen-bond donors (Lipinski definition) is 0. The van der Waals surface area contributed by atoms with Crippen LogP contribution in [0.3, 0.4) is 0 Å². The first-order valence-corrected chi connectivity index (χ1v) is 4.92. The molecule has 0 atom stereocenters. The molecule has 0 saturated heterocycles. The van der Waals surface area contributed by atoms with Crippen molar-refractivity contribution in [2.45, 2.75) is 26.4 Å². The highest BCUT2D eigenvalue weighted by molar-refractivity contribution is 5.73. The number of carbonyl (C=O) groups is 1. The second-order valence-electron chi connectivity index (χ2n) is 4.28. The van der Waals surface area contributed by atoms with Crippen LogP contribution in [0.15, 0.2) is 30.3 Å². The molecule has 2 nitrogen and oxygen atoms in total. The van der Waals surface area contributed by atoms with Crippen molar-refractivity contribution >= 4 is 12.4 Å². The van der Waals surface area contributed by atoms with Gasteiger partial charge in [-0.3, -0.25) is 4.79 Å². The summed E-state index contributed by atoms with van der Waals surface area (Å²) in [6.45, 7) is 6.02. The van der Waals surface area contributed by atoms with Gasteiger partial charge >= 0.3 is 0 Å². The van der Waals surface area contributed by atoms with Crippen molar-refractivity contribution in [3.8, 4) is 5.75 Å². The van der Waals surface area contributed by atoms with E-state index in [0.29, 0.717) is 0 Å². The molecule has 2 heteroatoms. The molecule has 0 aliphatic heterocycles. The Balaban J connectivity index is 2.72. The van der Waals surface area contributed by atoms with Gasteiger partial charge in [0.15, 0.2) is 0 Å². The Morgan fingerprint density at radius 1 is 1.13 bits per heavy atom. The summed E-state index contributed by atoms with van der Waals surface area (Å²) in [5, 5.41) is 0. The summed E-state index contributed by atoms with van der Waals surface area (Å²) in [4.78, 5) is 10.1. The van der Waals surface area contributed by atoms with E-state index in [1.165, 1.54) is 6.08 Å². The Bertz CT molecular complexity index is 342. The SMILES string of the molecule is CC(C)(C)Oc1ccc(/C=C/C=O)cc1. The number of rotatable bonds is 3. The maximum absolute atomic E-state index is 10.1. The average molecular weight is 204 g/mol. The Labute approximate surface area is 90.6 Å². The molecule has 15 heavy (non-hydrogen) atoms. The zero-order chi connectivity index (χ0) is 11.3. The number of ether oxygens (including phenoxy) is 1. The molecule has 1 rings (SSSR count). The lowest BCUT2D eigenvalue weighted by molar-refractivity contribution is -0.104. The van der Waals surface area contributed by atoms with Crippen molar-refractivity contribution in [2.75, 3.05) is 0 Å². The lowest BCUT2D eigenvalue weighted by atomic mass is 10.1. The van der Waals surface area contributed by atoms with E-state index >= 15 is 0 Å². The number of aldehydes is 1. The first kappa shape index (κ1) is 11.5. The highest BCUT2D eigenvalue weighted by Gasteiger charge is 2.10. The second-order valence-corrected chi connectivity index (χ2v) is 4.28. The van der Waals surface area contributed by atoms with E-state index in [2.05, 4.69) is 0 Å². The zero-order valence-corrected chi connectivity index (χ0v) is 9.36. The number of hydrogen-bond acceptors (Lipinski definition) is 2. The van der Waals surface area contributed by atoms with Crippen molar-refractivity contribution in [1.29, 1.82) is 0 Å². The zero-order valence-electron chi connectivity index (χ0n) is 9.36. The number of allylic oxidation sites excluding steroid dienone is 1. The fraction of sp³-hybridized carbons (Fsp3) is 0.308. The Morgan fingerprint density at radius 2 is 1.73 bits per heavy atom. The number of benzene rings is 1. The van der Waals surface area contributed by atoms with E-state index in [1.807, 2.05) is 45.0 Å². The van der Waals surface area contributed by atoms with Crippen LogP contribution >= 0.6 is 0 Å². The van der Waals surface area contributed by atoms with Crippen LogP contribution in [-0.4, -0.2) is 11.9 Å². The van der Waals surface area contributed by atoms with Crippen LogP contribution in [0.2, 0.25) is 0 Å². The molecule has 0 amide bonds. The average Bonchev–Trinajstić information content (AvgIpc) is 2.14. The van der Waals surface area contributed by atoms with Crippen LogP contribution in [0.25, 0.3) is 6.08 Å². The maximum atomic E-state index is 10.1. The molecule has 0 saturated carbocycles. The van der Waals surface area contributed by atoms with Crippen LogP contribution in [-0.2, 0) is 4.79 Å². The van der Waals surface area contributed by atoms with E-state index in [-0.39, 0.29) is 5.60 Å². The number of carbonyl (C=O) groups excluding carboxylic acids is 1. The quantitative estimate of drug-likeness (QED) is 0.558. The third kappa shape index (κ3) is 4.45. The molecule has 80 valence electrons. The van der Waals surface area contributed by atoms with Gasteiger partial charge in [-0.15, -0.1) is 0 Å².